The Hall–Kier alpha value is -2.89. The number of nitrogens with zero attached hydrogens (tertiary/aromatic N) is 1. The Bertz CT molecular complexity index is 756. The molecule has 1 unspecified atom stereocenters. The summed E-state index contributed by atoms with van der Waals surface area (Å²) in [6, 6.07) is 11.2. The van der Waals surface area contributed by atoms with Crippen molar-refractivity contribution in [1.82, 2.24) is 5.32 Å². The predicted molar refractivity (Wildman–Crippen MR) is 84.1 cm³/mol. The van der Waals surface area contributed by atoms with E-state index in [1.807, 2.05) is 6.07 Å². The Morgan fingerprint density at radius 2 is 2.00 bits per heavy atom. The van der Waals surface area contributed by atoms with Crippen LogP contribution in [0, 0.1) is 10.1 Å². The highest BCUT2D eigenvalue weighted by Gasteiger charge is 2.25. The fraction of sp³-hybridized carbons (Fsp3) is 0.235. The van der Waals surface area contributed by atoms with Gasteiger partial charge in [0.15, 0.2) is 0 Å². The molecule has 2 aromatic carbocycles. The third kappa shape index (κ3) is 3.15. The van der Waals surface area contributed by atoms with Gasteiger partial charge in [-0.3, -0.25) is 14.9 Å². The molecule has 2 N–H and O–H groups in total. The van der Waals surface area contributed by atoms with Crippen LogP contribution in [0.5, 0.6) is 5.75 Å². The van der Waals surface area contributed by atoms with Crippen molar-refractivity contribution in [2.45, 2.75) is 25.3 Å². The van der Waals surface area contributed by atoms with E-state index < -0.39 is 4.92 Å². The summed E-state index contributed by atoms with van der Waals surface area (Å²) in [7, 11) is 0. The van der Waals surface area contributed by atoms with Crippen molar-refractivity contribution in [2.24, 2.45) is 0 Å². The Balaban J connectivity index is 1.65. The molecule has 2 aromatic rings. The molecule has 0 radical (unpaired) electrons. The molecule has 118 valence electrons. The molecule has 0 aromatic heterocycles. The maximum Gasteiger partial charge on any atom is 0.269 e. The summed E-state index contributed by atoms with van der Waals surface area (Å²) in [5, 5.41) is 23.4. The number of nitro benzene ring substituents is 1. The number of non-ortho nitro benzene ring substituents is 1. The number of hydrogen-bond donors (Lipinski definition) is 2. The number of nitro groups is 1. The van der Waals surface area contributed by atoms with E-state index in [2.05, 4.69) is 5.32 Å². The molecule has 1 aliphatic rings. The minimum absolute atomic E-state index is 0.00866. The first-order chi connectivity index (χ1) is 11.0. The molecule has 0 bridgehead atoms. The molecule has 0 saturated heterocycles. The first-order valence-corrected chi connectivity index (χ1v) is 7.38. The van der Waals surface area contributed by atoms with Gasteiger partial charge in [0.05, 0.1) is 17.4 Å². The molecule has 0 fully saturated rings. The number of phenols is 1. The van der Waals surface area contributed by atoms with Gasteiger partial charge in [-0.25, -0.2) is 0 Å². The zero-order chi connectivity index (χ0) is 16.4. The minimum Gasteiger partial charge on any atom is -0.508 e. The number of amides is 1. The van der Waals surface area contributed by atoms with E-state index in [4.69, 9.17) is 0 Å². The summed E-state index contributed by atoms with van der Waals surface area (Å²) in [4.78, 5) is 22.3. The molecule has 1 atom stereocenters. The summed E-state index contributed by atoms with van der Waals surface area (Å²) in [5.74, 6) is 0.134. The van der Waals surface area contributed by atoms with Crippen molar-refractivity contribution < 1.29 is 14.8 Å². The first-order valence-electron chi connectivity index (χ1n) is 7.38. The lowest BCUT2D eigenvalue weighted by Crippen LogP contribution is -2.28. The Morgan fingerprint density at radius 1 is 1.26 bits per heavy atom. The van der Waals surface area contributed by atoms with Crippen LogP contribution in [0.3, 0.4) is 0 Å². The molecular formula is C17H16N2O4. The van der Waals surface area contributed by atoms with E-state index in [0.29, 0.717) is 0 Å². The number of fused-ring (bicyclic) bond motifs is 1. The zero-order valence-corrected chi connectivity index (χ0v) is 12.4. The second-order valence-corrected chi connectivity index (χ2v) is 5.60. The predicted octanol–water partition coefficient (Wildman–Crippen LogP) is 2.65. The SMILES string of the molecule is O=C(Cc1ccc([N+](=O)[O-])cc1)NC1CCc2c(O)cccc21. The zero-order valence-electron chi connectivity index (χ0n) is 12.4. The van der Waals surface area contributed by atoms with Crippen molar-refractivity contribution in [3.8, 4) is 5.75 Å². The Morgan fingerprint density at radius 3 is 2.70 bits per heavy atom. The van der Waals surface area contributed by atoms with Gasteiger partial charge in [-0.05, 0) is 35.6 Å². The first kappa shape index (κ1) is 15.0. The van der Waals surface area contributed by atoms with Crippen molar-refractivity contribution in [3.05, 3.63) is 69.3 Å². The maximum absolute atomic E-state index is 12.2. The van der Waals surface area contributed by atoms with Gasteiger partial charge in [0.2, 0.25) is 5.91 Å². The molecule has 1 aliphatic carbocycles. The van der Waals surface area contributed by atoms with Gasteiger partial charge in [0, 0.05) is 12.1 Å². The number of nitrogens with one attached hydrogen (secondary N) is 1. The van der Waals surface area contributed by atoms with Gasteiger partial charge >= 0.3 is 0 Å². The van der Waals surface area contributed by atoms with E-state index >= 15 is 0 Å². The van der Waals surface area contributed by atoms with E-state index in [9.17, 15) is 20.0 Å². The van der Waals surface area contributed by atoms with Gasteiger partial charge in [-0.1, -0.05) is 24.3 Å². The summed E-state index contributed by atoms with van der Waals surface area (Å²) >= 11 is 0. The van der Waals surface area contributed by atoms with Crippen molar-refractivity contribution >= 4 is 11.6 Å². The van der Waals surface area contributed by atoms with Gasteiger partial charge in [0.25, 0.3) is 5.69 Å². The summed E-state index contributed by atoms with van der Waals surface area (Å²) in [6.45, 7) is 0. The molecule has 6 nitrogen and oxygen atoms in total. The number of aromatic hydroxyl groups is 1. The molecule has 3 rings (SSSR count). The number of hydrogen-bond acceptors (Lipinski definition) is 4. The Labute approximate surface area is 132 Å². The smallest absolute Gasteiger partial charge is 0.269 e. The molecule has 0 saturated carbocycles. The van der Waals surface area contributed by atoms with E-state index in [1.165, 1.54) is 12.1 Å². The number of rotatable bonds is 4. The standard InChI is InChI=1S/C17H16N2O4/c20-16-3-1-2-13-14(16)8-9-15(13)18-17(21)10-11-4-6-12(7-5-11)19(22)23/h1-7,15,20H,8-10H2,(H,18,21). The molecule has 6 heteroatoms. The average molecular weight is 312 g/mol. The number of carbonyl (C=O) groups excluding carboxylic acids is 1. The lowest BCUT2D eigenvalue weighted by molar-refractivity contribution is -0.384. The molecular weight excluding hydrogens is 296 g/mol. The fourth-order valence-electron chi connectivity index (χ4n) is 2.95. The lowest BCUT2D eigenvalue weighted by Gasteiger charge is -2.14. The largest absolute Gasteiger partial charge is 0.508 e. The van der Waals surface area contributed by atoms with Gasteiger partial charge < -0.3 is 10.4 Å². The highest BCUT2D eigenvalue weighted by molar-refractivity contribution is 5.79. The van der Waals surface area contributed by atoms with Gasteiger partial charge in [-0.2, -0.15) is 0 Å². The number of phenolic OH excluding ortho intramolecular Hbond substituents is 1. The van der Waals surface area contributed by atoms with Gasteiger partial charge in [-0.15, -0.1) is 0 Å². The minimum atomic E-state index is -0.466. The summed E-state index contributed by atoms with van der Waals surface area (Å²) in [5.41, 5.74) is 2.59. The third-order valence-corrected chi connectivity index (χ3v) is 4.09. The van der Waals surface area contributed by atoms with E-state index in [1.54, 1.807) is 24.3 Å². The monoisotopic (exact) mass is 312 g/mol. The molecule has 1 amide bonds. The van der Waals surface area contributed by atoms with Crippen LogP contribution >= 0.6 is 0 Å². The second kappa shape index (κ2) is 6.08. The van der Waals surface area contributed by atoms with Crippen LogP contribution in [0.1, 0.15) is 29.2 Å². The fourth-order valence-corrected chi connectivity index (χ4v) is 2.95. The Kier molecular flexibility index (Phi) is 3.97. The molecule has 0 spiro atoms. The number of carbonyl (C=O) groups is 1. The summed E-state index contributed by atoms with van der Waals surface area (Å²) < 4.78 is 0. The van der Waals surface area contributed by atoms with E-state index in [0.717, 1.165) is 29.5 Å². The van der Waals surface area contributed by atoms with Crippen LogP contribution in [0.2, 0.25) is 0 Å². The lowest BCUT2D eigenvalue weighted by atomic mass is 10.1. The maximum atomic E-state index is 12.2. The topological polar surface area (TPSA) is 92.5 Å². The number of benzene rings is 2. The average Bonchev–Trinajstić information content (AvgIpc) is 2.92. The van der Waals surface area contributed by atoms with Crippen molar-refractivity contribution in [2.75, 3.05) is 0 Å². The van der Waals surface area contributed by atoms with Crippen LogP contribution in [0.15, 0.2) is 42.5 Å². The highest BCUT2D eigenvalue weighted by Crippen LogP contribution is 2.36. The second-order valence-electron chi connectivity index (χ2n) is 5.60. The normalized spacial score (nSPS) is 15.9. The molecule has 0 aliphatic heterocycles. The molecule has 0 heterocycles. The third-order valence-electron chi connectivity index (χ3n) is 4.09. The van der Waals surface area contributed by atoms with Crippen molar-refractivity contribution in [3.63, 3.8) is 0 Å². The van der Waals surface area contributed by atoms with Crippen LogP contribution in [0.25, 0.3) is 0 Å². The van der Waals surface area contributed by atoms with Crippen LogP contribution in [-0.4, -0.2) is 15.9 Å². The molecule has 23 heavy (non-hydrogen) atoms. The van der Waals surface area contributed by atoms with Crippen LogP contribution in [-0.2, 0) is 17.6 Å². The summed E-state index contributed by atoms with van der Waals surface area (Å²) in [6.07, 6.45) is 1.67. The quantitative estimate of drug-likeness (QED) is 0.670. The van der Waals surface area contributed by atoms with Crippen molar-refractivity contribution in [1.29, 1.82) is 0 Å². The highest BCUT2D eigenvalue weighted by atomic mass is 16.6. The van der Waals surface area contributed by atoms with Gasteiger partial charge in [0.1, 0.15) is 5.75 Å². The van der Waals surface area contributed by atoms with Crippen LogP contribution in [0.4, 0.5) is 5.69 Å². The van der Waals surface area contributed by atoms with Crippen LogP contribution < -0.4 is 5.32 Å². The van der Waals surface area contributed by atoms with E-state index in [-0.39, 0.29) is 29.8 Å².